The Morgan fingerprint density at radius 1 is 1.41 bits per heavy atom. The molecule has 0 bridgehead atoms. The van der Waals surface area contributed by atoms with Gasteiger partial charge in [-0.15, -0.1) is 13.2 Å². The van der Waals surface area contributed by atoms with Crippen molar-refractivity contribution in [3.63, 3.8) is 0 Å². The molecule has 0 unspecified atom stereocenters. The Kier molecular flexibility index (Phi) is 6.03. The highest BCUT2D eigenvalue weighted by Gasteiger charge is 2.36. The highest BCUT2D eigenvalue weighted by Crippen LogP contribution is 2.37. The van der Waals surface area contributed by atoms with Crippen LogP contribution in [0, 0.1) is 0 Å². The van der Waals surface area contributed by atoms with E-state index in [0.717, 1.165) is 6.20 Å². The zero-order valence-electron chi connectivity index (χ0n) is 11.4. The van der Waals surface area contributed by atoms with Crippen LogP contribution in [0.1, 0.15) is 30.2 Å². The van der Waals surface area contributed by atoms with E-state index in [4.69, 9.17) is 5.73 Å². The first-order valence-corrected chi connectivity index (χ1v) is 6.09. The number of pyridine rings is 1. The third-order valence-corrected chi connectivity index (χ3v) is 2.49. The molecule has 0 aliphatic heterocycles. The number of hydrogen-bond acceptors (Lipinski definition) is 5. The van der Waals surface area contributed by atoms with E-state index in [1.807, 2.05) is 0 Å². The minimum absolute atomic E-state index is 0.00961. The summed E-state index contributed by atoms with van der Waals surface area (Å²) in [6, 6.07) is 0. The van der Waals surface area contributed by atoms with Crippen molar-refractivity contribution in [3.8, 4) is 5.75 Å². The van der Waals surface area contributed by atoms with E-state index in [-0.39, 0.29) is 6.61 Å². The molecule has 0 spiro atoms. The van der Waals surface area contributed by atoms with Crippen LogP contribution < -0.4 is 10.5 Å². The third-order valence-electron chi connectivity index (χ3n) is 2.49. The molecule has 0 atom stereocenters. The molecular weight excluding hydrogens is 315 g/mol. The van der Waals surface area contributed by atoms with E-state index in [1.54, 1.807) is 0 Å². The monoisotopic (exact) mass is 328 g/mol. The first kappa shape index (κ1) is 18.1. The number of carbonyl (C=O) groups excluding carboxylic acids is 1. The average molecular weight is 328 g/mol. The van der Waals surface area contributed by atoms with Gasteiger partial charge < -0.3 is 15.2 Å². The van der Waals surface area contributed by atoms with Crippen molar-refractivity contribution >= 4 is 5.97 Å². The molecule has 1 heterocycles. The van der Waals surface area contributed by atoms with Crippen LogP contribution >= 0.6 is 0 Å². The van der Waals surface area contributed by atoms with Gasteiger partial charge in [0, 0.05) is 18.3 Å². The fraction of sp³-hybridized carbons (Fsp3) is 0.500. The van der Waals surface area contributed by atoms with Crippen LogP contribution in [0.4, 0.5) is 22.0 Å². The fourth-order valence-corrected chi connectivity index (χ4v) is 1.71. The molecule has 0 saturated heterocycles. The van der Waals surface area contributed by atoms with Gasteiger partial charge in [0.05, 0.1) is 24.3 Å². The van der Waals surface area contributed by atoms with E-state index in [0.29, 0.717) is 0 Å². The molecule has 5 nitrogen and oxygen atoms in total. The smallest absolute Gasteiger partial charge is 0.466 e. The summed E-state index contributed by atoms with van der Waals surface area (Å²) in [5.74, 6) is -2.05. The lowest BCUT2D eigenvalue weighted by Crippen LogP contribution is -2.22. The van der Waals surface area contributed by atoms with Gasteiger partial charge in [0.15, 0.2) is 0 Å². The molecule has 0 aromatic carbocycles. The van der Waals surface area contributed by atoms with E-state index < -0.39 is 54.3 Å². The molecule has 10 heteroatoms. The number of carbonyl (C=O) groups is 1. The van der Waals surface area contributed by atoms with Gasteiger partial charge in [-0.2, -0.15) is 0 Å². The molecule has 0 amide bonds. The number of nitrogens with zero attached hydrogens (tertiary/aromatic N) is 1. The maximum Gasteiger partial charge on any atom is 0.573 e. The Morgan fingerprint density at radius 2 is 2.05 bits per heavy atom. The Bertz CT molecular complexity index is 534. The number of nitrogens with two attached hydrogens (primary N) is 1. The average Bonchev–Trinajstić information content (AvgIpc) is 2.38. The van der Waals surface area contributed by atoms with E-state index in [2.05, 4.69) is 14.5 Å². The van der Waals surface area contributed by atoms with Gasteiger partial charge in [-0.25, -0.2) is 8.78 Å². The molecule has 0 fully saturated rings. The summed E-state index contributed by atoms with van der Waals surface area (Å²) in [5.41, 5.74) is 3.22. The van der Waals surface area contributed by atoms with Crippen molar-refractivity contribution < 1.29 is 36.2 Å². The number of hydrogen-bond donors (Lipinski definition) is 1. The second-order valence-corrected chi connectivity index (χ2v) is 4.01. The quantitative estimate of drug-likeness (QED) is 0.641. The molecule has 1 aromatic rings. The predicted molar refractivity (Wildman–Crippen MR) is 64.1 cm³/mol. The highest BCUT2D eigenvalue weighted by atomic mass is 19.4. The van der Waals surface area contributed by atoms with Gasteiger partial charge in [-0.1, -0.05) is 0 Å². The second kappa shape index (κ2) is 7.34. The molecule has 22 heavy (non-hydrogen) atoms. The van der Waals surface area contributed by atoms with Crippen molar-refractivity contribution in [2.75, 3.05) is 6.61 Å². The minimum Gasteiger partial charge on any atom is -0.466 e. The van der Waals surface area contributed by atoms with E-state index in [9.17, 15) is 26.7 Å². The first-order chi connectivity index (χ1) is 10.2. The van der Waals surface area contributed by atoms with Crippen LogP contribution in [0.2, 0.25) is 0 Å². The SMILES string of the molecule is CCOC(=O)Cc1cnc(CN)c(C(F)F)c1OC(F)(F)F. The van der Waals surface area contributed by atoms with Crippen molar-refractivity contribution in [3.05, 3.63) is 23.0 Å². The number of rotatable bonds is 6. The van der Waals surface area contributed by atoms with Crippen molar-refractivity contribution in [1.29, 1.82) is 0 Å². The Morgan fingerprint density at radius 3 is 2.50 bits per heavy atom. The fourth-order valence-electron chi connectivity index (χ4n) is 1.71. The van der Waals surface area contributed by atoms with Gasteiger partial charge in [0.25, 0.3) is 6.43 Å². The topological polar surface area (TPSA) is 74.4 Å². The summed E-state index contributed by atoms with van der Waals surface area (Å²) >= 11 is 0. The number of aromatic nitrogens is 1. The van der Waals surface area contributed by atoms with Crippen LogP contribution in [0.5, 0.6) is 5.75 Å². The molecule has 0 aliphatic carbocycles. The second-order valence-electron chi connectivity index (χ2n) is 4.01. The first-order valence-electron chi connectivity index (χ1n) is 6.09. The summed E-state index contributed by atoms with van der Waals surface area (Å²) in [5, 5.41) is 0. The summed E-state index contributed by atoms with van der Waals surface area (Å²) < 4.78 is 71.7. The lowest BCUT2D eigenvalue weighted by atomic mass is 10.1. The molecule has 0 aliphatic rings. The largest absolute Gasteiger partial charge is 0.573 e. The molecule has 0 radical (unpaired) electrons. The van der Waals surface area contributed by atoms with Gasteiger partial charge in [0.2, 0.25) is 0 Å². The van der Waals surface area contributed by atoms with Crippen molar-refractivity contribution in [1.82, 2.24) is 4.98 Å². The molecule has 1 aromatic heterocycles. The standard InChI is InChI=1S/C12H13F5N2O3/c1-2-21-8(20)3-6-5-19-7(4-18)9(11(13)14)10(6)22-12(15,16)17/h5,11H,2-4,18H2,1H3. The Balaban J connectivity index is 3.36. The van der Waals surface area contributed by atoms with Gasteiger partial charge in [0.1, 0.15) is 5.75 Å². The number of ether oxygens (including phenoxy) is 2. The normalized spacial score (nSPS) is 11.6. The number of esters is 1. The number of alkyl halides is 5. The van der Waals surface area contributed by atoms with E-state index in [1.165, 1.54) is 6.92 Å². The summed E-state index contributed by atoms with van der Waals surface area (Å²) in [4.78, 5) is 14.9. The zero-order valence-corrected chi connectivity index (χ0v) is 11.4. The minimum atomic E-state index is -5.21. The molecular formula is C12H13F5N2O3. The highest BCUT2D eigenvalue weighted by molar-refractivity contribution is 5.73. The lowest BCUT2D eigenvalue weighted by molar-refractivity contribution is -0.275. The Hall–Kier alpha value is -1.97. The maximum absolute atomic E-state index is 13.1. The maximum atomic E-state index is 13.1. The Labute approximate surface area is 122 Å². The van der Waals surface area contributed by atoms with Crippen LogP contribution in [-0.4, -0.2) is 23.9 Å². The van der Waals surface area contributed by atoms with Crippen molar-refractivity contribution in [2.24, 2.45) is 5.73 Å². The number of halogens is 5. The van der Waals surface area contributed by atoms with Gasteiger partial charge in [-0.3, -0.25) is 9.78 Å². The van der Waals surface area contributed by atoms with Crippen LogP contribution in [-0.2, 0) is 22.5 Å². The van der Waals surface area contributed by atoms with Crippen LogP contribution in [0.25, 0.3) is 0 Å². The summed E-state index contributed by atoms with van der Waals surface area (Å²) in [6.45, 7) is 0.975. The summed E-state index contributed by atoms with van der Waals surface area (Å²) in [7, 11) is 0. The predicted octanol–water partition coefficient (Wildman–Crippen LogP) is 2.48. The van der Waals surface area contributed by atoms with E-state index >= 15 is 0 Å². The summed E-state index contributed by atoms with van der Waals surface area (Å²) in [6.07, 6.45) is -8.35. The third kappa shape index (κ3) is 4.79. The molecule has 2 N–H and O–H groups in total. The lowest BCUT2D eigenvalue weighted by Gasteiger charge is -2.18. The molecule has 124 valence electrons. The van der Waals surface area contributed by atoms with Crippen molar-refractivity contribution in [2.45, 2.75) is 32.7 Å². The van der Waals surface area contributed by atoms with Gasteiger partial charge in [-0.05, 0) is 6.92 Å². The molecule has 0 saturated carbocycles. The van der Waals surface area contributed by atoms with Crippen LogP contribution in [0.15, 0.2) is 6.20 Å². The zero-order chi connectivity index (χ0) is 16.9. The molecule has 1 rings (SSSR count). The van der Waals surface area contributed by atoms with Gasteiger partial charge >= 0.3 is 12.3 Å². The van der Waals surface area contributed by atoms with Crippen LogP contribution in [0.3, 0.4) is 0 Å².